The average molecular weight is 280 g/mol. The zero-order chi connectivity index (χ0) is 15.7. The van der Waals surface area contributed by atoms with Crippen molar-refractivity contribution >= 4 is 10.8 Å². The molecular formula is C20H24O. The average Bonchev–Trinajstić information content (AvgIpc) is 2.34. The van der Waals surface area contributed by atoms with Gasteiger partial charge in [-0.2, -0.15) is 0 Å². The van der Waals surface area contributed by atoms with Crippen LogP contribution in [0.15, 0.2) is 36.4 Å². The van der Waals surface area contributed by atoms with Gasteiger partial charge >= 0.3 is 0 Å². The van der Waals surface area contributed by atoms with Crippen molar-refractivity contribution in [2.75, 3.05) is 0 Å². The van der Waals surface area contributed by atoms with E-state index in [9.17, 15) is 0 Å². The van der Waals surface area contributed by atoms with Gasteiger partial charge in [-0.15, -0.1) is 0 Å². The minimum absolute atomic E-state index is 0.196. The largest absolute Gasteiger partial charge is 0.357 e. The molecule has 0 aliphatic carbocycles. The molecule has 0 atom stereocenters. The molecular weight excluding hydrogens is 256 g/mol. The smallest absolute Gasteiger partial charge is 0.124 e. The van der Waals surface area contributed by atoms with Gasteiger partial charge in [0.05, 0.1) is 5.60 Å². The van der Waals surface area contributed by atoms with E-state index in [0.29, 0.717) is 0 Å². The van der Waals surface area contributed by atoms with Crippen molar-refractivity contribution in [3.63, 3.8) is 0 Å². The molecule has 0 fully saturated rings. The van der Waals surface area contributed by atoms with Crippen LogP contribution in [-0.4, -0.2) is 11.2 Å². The molecule has 21 heavy (non-hydrogen) atoms. The quantitative estimate of drug-likeness (QED) is 0.661. The van der Waals surface area contributed by atoms with Crippen LogP contribution in [0.5, 0.6) is 0 Å². The summed E-state index contributed by atoms with van der Waals surface area (Å²) in [5.41, 5.74) is 1.65. The SMILES string of the molecule is Cc1cccc2ccc(C#CC(C)(C)OC(C)(C)C)cc12. The molecule has 0 saturated heterocycles. The minimum Gasteiger partial charge on any atom is -0.357 e. The van der Waals surface area contributed by atoms with E-state index in [1.54, 1.807) is 0 Å². The second kappa shape index (κ2) is 5.54. The third-order valence-corrected chi connectivity index (χ3v) is 3.17. The molecule has 0 heterocycles. The Kier molecular flexibility index (Phi) is 4.12. The van der Waals surface area contributed by atoms with E-state index < -0.39 is 5.60 Å². The van der Waals surface area contributed by atoms with Crippen LogP contribution in [-0.2, 0) is 4.74 Å². The van der Waals surface area contributed by atoms with Crippen LogP contribution in [0.1, 0.15) is 45.7 Å². The predicted octanol–water partition coefficient (Wildman–Crippen LogP) is 5.09. The van der Waals surface area contributed by atoms with E-state index in [0.717, 1.165) is 5.56 Å². The van der Waals surface area contributed by atoms with Crippen molar-refractivity contribution in [2.24, 2.45) is 0 Å². The maximum Gasteiger partial charge on any atom is 0.124 e. The van der Waals surface area contributed by atoms with Gasteiger partial charge in [-0.05, 0) is 70.0 Å². The van der Waals surface area contributed by atoms with Crippen LogP contribution in [0, 0.1) is 18.8 Å². The third-order valence-electron chi connectivity index (χ3n) is 3.17. The van der Waals surface area contributed by atoms with Gasteiger partial charge in [-0.25, -0.2) is 0 Å². The molecule has 2 rings (SSSR count). The second-order valence-electron chi connectivity index (χ2n) is 6.99. The second-order valence-corrected chi connectivity index (χ2v) is 6.99. The Balaban J connectivity index is 2.33. The zero-order valence-corrected chi connectivity index (χ0v) is 13.9. The van der Waals surface area contributed by atoms with E-state index in [4.69, 9.17) is 4.74 Å². The summed E-state index contributed by atoms with van der Waals surface area (Å²) in [6.45, 7) is 12.3. The molecule has 0 amide bonds. The normalized spacial score (nSPS) is 12.1. The summed E-state index contributed by atoms with van der Waals surface area (Å²) in [6.07, 6.45) is 0. The molecule has 0 bridgehead atoms. The number of fused-ring (bicyclic) bond motifs is 1. The molecule has 0 unspecified atom stereocenters. The lowest BCUT2D eigenvalue weighted by molar-refractivity contribution is -0.0802. The van der Waals surface area contributed by atoms with Crippen LogP contribution in [0.3, 0.4) is 0 Å². The van der Waals surface area contributed by atoms with Gasteiger partial charge in [0.1, 0.15) is 5.60 Å². The van der Waals surface area contributed by atoms with Gasteiger partial charge in [0.2, 0.25) is 0 Å². The van der Waals surface area contributed by atoms with Crippen LogP contribution >= 0.6 is 0 Å². The van der Waals surface area contributed by atoms with Crippen molar-refractivity contribution in [1.29, 1.82) is 0 Å². The summed E-state index contributed by atoms with van der Waals surface area (Å²) in [6, 6.07) is 12.7. The van der Waals surface area contributed by atoms with Gasteiger partial charge in [0.25, 0.3) is 0 Å². The number of benzene rings is 2. The van der Waals surface area contributed by atoms with Crippen molar-refractivity contribution in [2.45, 2.75) is 52.7 Å². The van der Waals surface area contributed by atoms with E-state index in [2.05, 4.69) is 75.9 Å². The number of ether oxygens (including phenoxy) is 1. The topological polar surface area (TPSA) is 9.23 Å². The first-order chi connectivity index (χ1) is 9.66. The first-order valence-electron chi connectivity index (χ1n) is 7.39. The molecule has 0 saturated carbocycles. The standard InChI is InChI=1S/C20H24O/c1-15-8-7-9-17-11-10-16(14-18(15)17)12-13-20(5,6)21-19(2,3)4/h7-11,14H,1-6H3. The molecule has 0 aliphatic rings. The fraction of sp³-hybridized carbons (Fsp3) is 0.400. The molecule has 110 valence electrons. The molecule has 0 aliphatic heterocycles. The molecule has 1 nitrogen and oxygen atoms in total. The van der Waals surface area contributed by atoms with Gasteiger partial charge < -0.3 is 4.74 Å². The highest BCUT2D eigenvalue weighted by molar-refractivity contribution is 5.86. The van der Waals surface area contributed by atoms with Gasteiger partial charge in [-0.1, -0.05) is 36.1 Å². The zero-order valence-electron chi connectivity index (χ0n) is 13.9. The summed E-state index contributed by atoms with van der Waals surface area (Å²) in [5, 5.41) is 2.52. The first kappa shape index (κ1) is 15.6. The number of hydrogen-bond donors (Lipinski definition) is 0. The summed E-state index contributed by atoms with van der Waals surface area (Å²) < 4.78 is 5.98. The lowest BCUT2D eigenvalue weighted by atomic mass is 10.0. The summed E-state index contributed by atoms with van der Waals surface area (Å²) in [4.78, 5) is 0. The summed E-state index contributed by atoms with van der Waals surface area (Å²) in [7, 11) is 0. The lowest BCUT2D eigenvalue weighted by Crippen LogP contribution is -2.33. The molecule has 0 spiro atoms. The molecule has 0 N–H and O–H groups in total. The highest BCUT2D eigenvalue weighted by atomic mass is 16.5. The highest BCUT2D eigenvalue weighted by Crippen LogP contribution is 2.21. The summed E-state index contributed by atoms with van der Waals surface area (Å²) >= 11 is 0. The Morgan fingerprint density at radius 3 is 2.33 bits per heavy atom. The van der Waals surface area contributed by atoms with E-state index in [-0.39, 0.29) is 5.60 Å². The van der Waals surface area contributed by atoms with Gasteiger partial charge in [0.15, 0.2) is 0 Å². The van der Waals surface area contributed by atoms with Gasteiger partial charge in [0, 0.05) is 5.56 Å². The van der Waals surface area contributed by atoms with Crippen molar-refractivity contribution < 1.29 is 4.74 Å². The van der Waals surface area contributed by atoms with Crippen LogP contribution in [0.25, 0.3) is 10.8 Å². The molecule has 2 aromatic rings. The van der Waals surface area contributed by atoms with Crippen molar-refractivity contribution in [3.05, 3.63) is 47.5 Å². The molecule has 1 heteroatoms. The molecule has 0 radical (unpaired) electrons. The Bertz CT molecular complexity index is 706. The predicted molar refractivity (Wildman–Crippen MR) is 90.5 cm³/mol. The Morgan fingerprint density at radius 1 is 0.952 bits per heavy atom. The van der Waals surface area contributed by atoms with E-state index in [1.165, 1.54) is 16.3 Å². The Morgan fingerprint density at radius 2 is 1.67 bits per heavy atom. The third kappa shape index (κ3) is 4.34. The highest BCUT2D eigenvalue weighted by Gasteiger charge is 2.23. The Labute approximate surface area is 128 Å². The fourth-order valence-electron chi connectivity index (χ4n) is 2.52. The van der Waals surface area contributed by atoms with Crippen LogP contribution < -0.4 is 0 Å². The first-order valence-corrected chi connectivity index (χ1v) is 7.39. The number of rotatable bonds is 1. The van der Waals surface area contributed by atoms with Crippen molar-refractivity contribution in [3.8, 4) is 11.8 Å². The lowest BCUT2D eigenvalue weighted by Gasteiger charge is -2.29. The van der Waals surface area contributed by atoms with Crippen LogP contribution in [0.2, 0.25) is 0 Å². The maximum atomic E-state index is 5.98. The van der Waals surface area contributed by atoms with Crippen molar-refractivity contribution in [1.82, 2.24) is 0 Å². The fourth-order valence-corrected chi connectivity index (χ4v) is 2.52. The maximum absolute atomic E-state index is 5.98. The molecule has 0 aromatic heterocycles. The van der Waals surface area contributed by atoms with E-state index in [1.807, 2.05) is 13.8 Å². The number of aryl methyl sites for hydroxylation is 1. The Hall–Kier alpha value is -1.78. The summed E-state index contributed by atoms with van der Waals surface area (Å²) in [5.74, 6) is 6.50. The van der Waals surface area contributed by atoms with Gasteiger partial charge in [-0.3, -0.25) is 0 Å². The number of hydrogen-bond acceptors (Lipinski definition) is 1. The molecule has 2 aromatic carbocycles. The van der Waals surface area contributed by atoms with E-state index >= 15 is 0 Å². The minimum atomic E-state index is -0.459. The monoisotopic (exact) mass is 280 g/mol. The van der Waals surface area contributed by atoms with Crippen LogP contribution in [0.4, 0.5) is 0 Å².